The molecule has 1 rings (SSSR count). The van der Waals surface area contributed by atoms with Crippen molar-refractivity contribution in [2.75, 3.05) is 26.2 Å². The van der Waals surface area contributed by atoms with Gasteiger partial charge in [0.15, 0.2) is 0 Å². The van der Waals surface area contributed by atoms with Gasteiger partial charge in [0, 0.05) is 19.1 Å². The van der Waals surface area contributed by atoms with Crippen molar-refractivity contribution in [3.05, 3.63) is 12.7 Å². The number of piperidine rings is 1. The molecule has 1 heterocycles. The first-order chi connectivity index (χ1) is 7.24. The summed E-state index contributed by atoms with van der Waals surface area (Å²) in [5.41, 5.74) is 0. The molecular formula is C13H26N2. The molecular weight excluding hydrogens is 184 g/mol. The van der Waals surface area contributed by atoms with Crippen LogP contribution in [0, 0.1) is 5.92 Å². The summed E-state index contributed by atoms with van der Waals surface area (Å²) in [5, 5.41) is 3.43. The van der Waals surface area contributed by atoms with Crippen LogP contribution in [0.15, 0.2) is 12.7 Å². The Morgan fingerprint density at radius 3 is 2.60 bits per heavy atom. The van der Waals surface area contributed by atoms with Gasteiger partial charge in [-0.05, 0) is 52.1 Å². The van der Waals surface area contributed by atoms with E-state index in [0.717, 1.165) is 12.3 Å². The van der Waals surface area contributed by atoms with Gasteiger partial charge in [0.1, 0.15) is 0 Å². The summed E-state index contributed by atoms with van der Waals surface area (Å²) in [6.45, 7) is 13.2. The Bertz CT molecular complexity index is 171. The Morgan fingerprint density at radius 1 is 1.40 bits per heavy atom. The molecule has 2 heteroatoms. The monoisotopic (exact) mass is 210 g/mol. The second-order valence-electron chi connectivity index (χ2n) is 4.86. The lowest BCUT2D eigenvalue weighted by Crippen LogP contribution is -2.39. The average Bonchev–Trinajstić information content (AvgIpc) is 2.25. The molecule has 0 unspecified atom stereocenters. The average molecular weight is 210 g/mol. The van der Waals surface area contributed by atoms with Crippen LogP contribution in [-0.2, 0) is 0 Å². The van der Waals surface area contributed by atoms with E-state index >= 15 is 0 Å². The van der Waals surface area contributed by atoms with E-state index in [1.54, 1.807) is 0 Å². The maximum absolute atomic E-state index is 3.80. The fourth-order valence-corrected chi connectivity index (χ4v) is 2.21. The molecule has 1 aliphatic rings. The zero-order valence-corrected chi connectivity index (χ0v) is 10.3. The number of nitrogens with one attached hydrogen (secondary N) is 1. The third kappa shape index (κ3) is 4.80. The van der Waals surface area contributed by atoms with Crippen molar-refractivity contribution in [2.45, 2.75) is 39.2 Å². The molecule has 88 valence electrons. The van der Waals surface area contributed by atoms with Crippen LogP contribution < -0.4 is 5.32 Å². The Hall–Kier alpha value is -0.340. The van der Waals surface area contributed by atoms with Gasteiger partial charge >= 0.3 is 0 Å². The van der Waals surface area contributed by atoms with Crippen molar-refractivity contribution in [3.8, 4) is 0 Å². The Morgan fingerprint density at radius 2 is 2.07 bits per heavy atom. The topological polar surface area (TPSA) is 15.3 Å². The molecule has 15 heavy (non-hydrogen) atoms. The maximum Gasteiger partial charge on any atom is 0.00388 e. The minimum atomic E-state index is 0.667. The number of nitrogens with zero attached hydrogens (tertiary/aromatic N) is 1. The summed E-state index contributed by atoms with van der Waals surface area (Å²) in [6, 6.07) is 0.667. The molecule has 0 amide bonds. The number of hydrogen-bond donors (Lipinski definition) is 1. The zero-order chi connectivity index (χ0) is 11.1. The van der Waals surface area contributed by atoms with Crippen LogP contribution in [0.3, 0.4) is 0 Å². The van der Waals surface area contributed by atoms with E-state index in [1.165, 1.54) is 39.0 Å². The van der Waals surface area contributed by atoms with Gasteiger partial charge in [-0.2, -0.15) is 0 Å². The highest BCUT2D eigenvalue weighted by atomic mass is 15.1. The highest BCUT2D eigenvalue weighted by Gasteiger charge is 2.17. The fraction of sp³-hybridized carbons (Fsp3) is 0.846. The van der Waals surface area contributed by atoms with E-state index in [1.807, 2.05) is 6.08 Å². The lowest BCUT2D eigenvalue weighted by atomic mass is 9.97. The molecule has 0 bridgehead atoms. The van der Waals surface area contributed by atoms with Crippen LogP contribution >= 0.6 is 0 Å². The predicted molar refractivity (Wildman–Crippen MR) is 67.1 cm³/mol. The van der Waals surface area contributed by atoms with Crippen LogP contribution in [0.1, 0.15) is 33.1 Å². The molecule has 0 aliphatic carbocycles. The van der Waals surface area contributed by atoms with Crippen LogP contribution in [0.5, 0.6) is 0 Å². The van der Waals surface area contributed by atoms with E-state index in [9.17, 15) is 0 Å². The first-order valence-electron chi connectivity index (χ1n) is 6.29. The summed E-state index contributed by atoms with van der Waals surface area (Å²) < 4.78 is 0. The molecule has 1 fully saturated rings. The molecule has 0 spiro atoms. The van der Waals surface area contributed by atoms with Gasteiger partial charge in [0.25, 0.3) is 0 Å². The normalized spacial score (nSPS) is 18.7. The molecule has 0 aromatic carbocycles. The van der Waals surface area contributed by atoms with Gasteiger partial charge in [-0.15, -0.1) is 6.58 Å². The summed E-state index contributed by atoms with van der Waals surface area (Å²) in [4.78, 5) is 2.59. The molecule has 0 atom stereocenters. The first kappa shape index (κ1) is 12.7. The Kier molecular flexibility index (Phi) is 5.96. The quantitative estimate of drug-likeness (QED) is 0.677. The Balaban J connectivity index is 2.31. The summed E-state index contributed by atoms with van der Waals surface area (Å²) in [6.07, 6.45) is 5.83. The van der Waals surface area contributed by atoms with Crippen molar-refractivity contribution in [2.24, 2.45) is 5.92 Å². The molecule has 1 saturated heterocycles. The fourth-order valence-electron chi connectivity index (χ4n) is 2.21. The minimum absolute atomic E-state index is 0.667. The largest absolute Gasteiger partial charge is 0.317 e. The lowest BCUT2D eigenvalue weighted by Gasteiger charge is -2.32. The lowest BCUT2D eigenvalue weighted by molar-refractivity contribution is 0.172. The van der Waals surface area contributed by atoms with Gasteiger partial charge in [-0.25, -0.2) is 0 Å². The van der Waals surface area contributed by atoms with Gasteiger partial charge < -0.3 is 10.2 Å². The number of rotatable bonds is 6. The van der Waals surface area contributed by atoms with Crippen LogP contribution in [0.2, 0.25) is 0 Å². The summed E-state index contributed by atoms with van der Waals surface area (Å²) in [7, 11) is 0. The third-order valence-electron chi connectivity index (χ3n) is 3.30. The van der Waals surface area contributed by atoms with Gasteiger partial charge in [-0.1, -0.05) is 6.08 Å². The van der Waals surface area contributed by atoms with Gasteiger partial charge in [-0.3, -0.25) is 0 Å². The molecule has 0 aromatic rings. The van der Waals surface area contributed by atoms with Gasteiger partial charge in [0.2, 0.25) is 0 Å². The van der Waals surface area contributed by atoms with Crippen molar-refractivity contribution in [1.29, 1.82) is 0 Å². The smallest absolute Gasteiger partial charge is 0.00388 e. The highest BCUT2D eigenvalue weighted by molar-refractivity contribution is 4.76. The van der Waals surface area contributed by atoms with E-state index in [2.05, 4.69) is 30.6 Å². The summed E-state index contributed by atoms with van der Waals surface area (Å²) >= 11 is 0. The van der Waals surface area contributed by atoms with Crippen molar-refractivity contribution >= 4 is 0 Å². The molecule has 1 N–H and O–H groups in total. The maximum atomic E-state index is 3.80. The molecule has 1 aliphatic heterocycles. The first-order valence-corrected chi connectivity index (χ1v) is 6.29. The second kappa shape index (κ2) is 7.02. The molecule has 2 nitrogen and oxygen atoms in total. The van der Waals surface area contributed by atoms with Crippen molar-refractivity contribution in [1.82, 2.24) is 10.2 Å². The van der Waals surface area contributed by atoms with E-state index in [-0.39, 0.29) is 0 Å². The van der Waals surface area contributed by atoms with E-state index in [0.29, 0.717) is 6.04 Å². The molecule has 0 saturated carbocycles. The van der Waals surface area contributed by atoms with Crippen LogP contribution in [0.4, 0.5) is 0 Å². The SMILES string of the molecule is C=CCCN(CC1CCNCC1)C(C)C. The molecule has 0 radical (unpaired) electrons. The Labute approximate surface area is 94.7 Å². The van der Waals surface area contributed by atoms with Crippen LogP contribution in [-0.4, -0.2) is 37.1 Å². The van der Waals surface area contributed by atoms with Gasteiger partial charge in [0.05, 0.1) is 0 Å². The third-order valence-corrected chi connectivity index (χ3v) is 3.30. The van der Waals surface area contributed by atoms with E-state index < -0.39 is 0 Å². The standard InChI is InChI=1S/C13H26N2/c1-4-5-10-15(12(2)3)11-13-6-8-14-9-7-13/h4,12-14H,1,5-11H2,2-3H3. The zero-order valence-electron chi connectivity index (χ0n) is 10.3. The molecule has 0 aromatic heterocycles. The second-order valence-corrected chi connectivity index (χ2v) is 4.86. The number of hydrogen-bond acceptors (Lipinski definition) is 2. The predicted octanol–water partition coefficient (Wildman–Crippen LogP) is 2.27. The minimum Gasteiger partial charge on any atom is -0.317 e. The van der Waals surface area contributed by atoms with E-state index in [4.69, 9.17) is 0 Å². The van der Waals surface area contributed by atoms with Crippen molar-refractivity contribution in [3.63, 3.8) is 0 Å². The van der Waals surface area contributed by atoms with Crippen molar-refractivity contribution < 1.29 is 0 Å². The summed E-state index contributed by atoms with van der Waals surface area (Å²) in [5.74, 6) is 0.901. The highest BCUT2D eigenvalue weighted by Crippen LogP contribution is 2.15. The van der Waals surface area contributed by atoms with Crippen LogP contribution in [0.25, 0.3) is 0 Å².